The molecular formula is C19H30N4O3S. The van der Waals surface area contributed by atoms with Crippen LogP contribution in [0.4, 0.5) is 5.82 Å². The largest absolute Gasteiger partial charge is 0.296 e. The Bertz CT molecular complexity index is 822. The van der Waals surface area contributed by atoms with Crippen LogP contribution in [0.25, 0.3) is 0 Å². The summed E-state index contributed by atoms with van der Waals surface area (Å²) in [5.41, 5.74) is 1.88. The number of rotatable bonds is 6. The van der Waals surface area contributed by atoms with E-state index in [0.717, 1.165) is 30.5 Å². The van der Waals surface area contributed by atoms with Gasteiger partial charge in [0.15, 0.2) is 0 Å². The van der Waals surface area contributed by atoms with Crippen molar-refractivity contribution in [3.63, 3.8) is 0 Å². The summed E-state index contributed by atoms with van der Waals surface area (Å²) < 4.78 is 26.5. The Balaban J connectivity index is 2.00. The van der Waals surface area contributed by atoms with Gasteiger partial charge < -0.3 is 0 Å². The van der Waals surface area contributed by atoms with Crippen molar-refractivity contribution in [3.8, 4) is 0 Å². The molecular weight excluding hydrogens is 364 g/mol. The molecule has 0 bridgehead atoms. The standard InChI is InChI=1S/C19H30N4O3S/c1-5-27(25,26)23-11-6-7-16(23)18-20-14(4)15-8-9-17(24)22(19(15)21-18)12-10-13(2)3/h13,16H,5-12H2,1-4H3/t16-/m0/s1. The lowest BCUT2D eigenvalue weighted by atomic mass is 10.0. The van der Waals surface area contributed by atoms with Gasteiger partial charge >= 0.3 is 0 Å². The molecule has 3 heterocycles. The molecule has 8 heteroatoms. The molecule has 0 N–H and O–H groups in total. The van der Waals surface area contributed by atoms with Gasteiger partial charge in [0, 0.05) is 30.8 Å². The first-order valence-electron chi connectivity index (χ1n) is 9.92. The van der Waals surface area contributed by atoms with Crippen molar-refractivity contribution in [2.75, 3.05) is 23.7 Å². The molecule has 0 aliphatic carbocycles. The van der Waals surface area contributed by atoms with Crippen LogP contribution in [0.3, 0.4) is 0 Å². The monoisotopic (exact) mass is 394 g/mol. The number of fused-ring (bicyclic) bond motifs is 1. The molecule has 1 atom stereocenters. The van der Waals surface area contributed by atoms with Gasteiger partial charge in [-0.1, -0.05) is 13.8 Å². The first-order valence-corrected chi connectivity index (χ1v) is 11.5. The fourth-order valence-electron chi connectivity index (χ4n) is 3.87. The lowest BCUT2D eigenvalue weighted by Gasteiger charge is -2.31. The van der Waals surface area contributed by atoms with Gasteiger partial charge in [0.05, 0.1) is 11.8 Å². The first kappa shape index (κ1) is 20.2. The Morgan fingerprint density at radius 2 is 1.96 bits per heavy atom. The highest BCUT2D eigenvalue weighted by atomic mass is 32.2. The lowest BCUT2D eigenvalue weighted by Crippen LogP contribution is -2.39. The zero-order valence-electron chi connectivity index (χ0n) is 16.7. The van der Waals surface area contributed by atoms with E-state index >= 15 is 0 Å². The van der Waals surface area contributed by atoms with E-state index in [-0.39, 0.29) is 17.7 Å². The second-order valence-corrected chi connectivity index (χ2v) is 10.1. The molecule has 0 spiro atoms. The van der Waals surface area contributed by atoms with Crippen molar-refractivity contribution in [3.05, 3.63) is 17.1 Å². The normalized spacial score (nSPS) is 21.1. The molecule has 0 radical (unpaired) electrons. The molecule has 1 aromatic heterocycles. The topological polar surface area (TPSA) is 83.5 Å². The van der Waals surface area contributed by atoms with Gasteiger partial charge in [-0.3, -0.25) is 9.69 Å². The van der Waals surface area contributed by atoms with E-state index in [1.54, 1.807) is 11.8 Å². The second kappa shape index (κ2) is 7.83. The number of aryl methyl sites for hydroxylation is 1. The van der Waals surface area contributed by atoms with Crippen LogP contribution in [0.1, 0.15) is 69.6 Å². The van der Waals surface area contributed by atoms with Crippen LogP contribution in [0.5, 0.6) is 0 Å². The van der Waals surface area contributed by atoms with Gasteiger partial charge in [-0.25, -0.2) is 18.4 Å². The van der Waals surface area contributed by atoms with E-state index in [2.05, 4.69) is 18.8 Å². The fourth-order valence-corrected chi connectivity index (χ4v) is 5.19. The maximum atomic E-state index is 12.5. The van der Waals surface area contributed by atoms with E-state index in [1.165, 1.54) is 4.31 Å². The number of nitrogens with zero attached hydrogens (tertiary/aromatic N) is 4. The van der Waals surface area contributed by atoms with Crippen molar-refractivity contribution >= 4 is 21.7 Å². The van der Waals surface area contributed by atoms with E-state index in [0.29, 0.717) is 43.5 Å². The lowest BCUT2D eigenvalue weighted by molar-refractivity contribution is -0.119. The predicted octanol–water partition coefficient (Wildman–Crippen LogP) is 2.60. The molecule has 27 heavy (non-hydrogen) atoms. The highest BCUT2D eigenvalue weighted by molar-refractivity contribution is 7.89. The molecule has 0 saturated carbocycles. The molecule has 2 aliphatic heterocycles. The number of anilines is 1. The molecule has 1 aromatic rings. The number of amides is 1. The summed E-state index contributed by atoms with van der Waals surface area (Å²) in [5, 5.41) is 0. The molecule has 1 fully saturated rings. The molecule has 1 amide bonds. The average Bonchev–Trinajstić information content (AvgIpc) is 3.11. The minimum Gasteiger partial charge on any atom is -0.296 e. The summed E-state index contributed by atoms with van der Waals surface area (Å²) in [6.45, 7) is 9.03. The zero-order chi connectivity index (χ0) is 19.8. The van der Waals surface area contributed by atoms with Crippen LogP contribution in [-0.2, 0) is 21.2 Å². The SMILES string of the molecule is CCS(=O)(=O)N1CCC[C@H]1c1nc(C)c2c(n1)N(CCC(C)C)C(=O)CC2. The number of hydrogen-bond acceptors (Lipinski definition) is 5. The van der Waals surface area contributed by atoms with Crippen molar-refractivity contribution in [1.82, 2.24) is 14.3 Å². The number of aromatic nitrogens is 2. The predicted molar refractivity (Wildman–Crippen MR) is 105 cm³/mol. The number of carbonyl (C=O) groups excluding carboxylic acids is 1. The fraction of sp³-hybridized carbons (Fsp3) is 0.737. The highest BCUT2D eigenvalue weighted by Gasteiger charge is 2.37. The van der Waals surface area contributed by atoms with Gasteiger partial charge in [-0.05, 0) is 45.4 Å². The Kier molecular flexibility index (Phi) is 5.86. The number of hydrogen-bond donors (Lipinski definition) is 0. The van der Waals surface area contributed by atoms with Crippen LogP contribution in [0, 0.1) is 12.8 Å². The molecule has 1 saturated heterocycles. The van der Waals surface area contributed by atoms with Crippen molar-refractivity contribution in [1.29, 1.82) is 0 Å². The van der Waals surface area contributed by atoms with Crippen molar-refractivity contribution in [2.24, 2.45) is 5.92 Å². The summed E-state index contributed by atoms with van der Waals surface area (Å²) in [6.07, 6.45) is 3.56. The Morgan fingerprint density at radius 3 is 2.63 bits per heavy atom. The molecule has 3 rings (SSSR count). The third-order valence-corrected chi connectivity index (χ3v) is 7.39. The van der Waals surface area contributed by atoms with Crippen LogP contribution in [-0.4, -0.2) is 47.4 Å². The molecule has 150 valence electrons. The van der Waals surface area contributed by atoms with E-state index in [9.17, 15) is 13.2 Å². The summed E-state index contributed by atoms with van der Waals surface area (Å²) in [4.78, 5) is 23.7. The highest BCUT2D eigenvalue weighted by Crippen LogP contribution is 2.36. The smallest absolute Gasteiger partial charge is 0.228 e. The Hall–Kier alpha value is -1.54. The maximum absolute atomic E-state index is 12.5. The first-order chi connectivity index (χ1) is 12.7. The molecule has 2 aliphatic rings. The van der Waals surface area contributed by atoms with Gasteiger partial charge in [-0.2, -0.15) is 4.31 Å². The quantitative estimate of drug-likeness (QED) is 0.740. The third kappa shape index (κ3) is 4.01. The average molecular weight is 395 g/mol. The summed E-state index contributed by atoms with van der Waals surface area (Å²) in [5.74, 6) is 1.88. The van der Waals surface area contributed by atoms with Crippen molar-refractivity contribution < 1.29 is 13.2 Å². The second-order valence-electron chi connectivity index (χ2n) is 7.87. The Labute approximate surface area is 162 Å². The van der Waals surface area contributed by atoms with E-state index in [4.69, 9.17) is 4.98 Å². The molecule has 7 nitrogen and oxygen atoms in total. The van der Waals surface area contributed by atoms with Crippen LogP contribution in [0.15, 0.2) is 0 Å². The van der Waals surface area contributed by atoms with Crippen LogP contribution < -0.4 is 4.90 Å². The maximum Gasteiger partial charge on any atom is 0.228 e. The summed E-state index contributed by atoms with van der Waals surface area (Å²) >= 11 is 0. The van der Waals surface area contributed by atoms with Gasteiger partial charge in [-0.15, -0.1) is 0 Å². The minimum atomic E-state index is -3.30. The number of sulfonamides is 1. The van der Waals surface area contributed by atoms with Gasteiger partial charge in [0.1, 0.15) is 11.6 Å². The third-order valence-electron chi connectivity index (χ3n) is 5.51. The van der Waals surface area contributed by atoms with E-state index in [1.807, 2.05) is 6.92 Å². The zero-order valence-corrected chi connectivity index (χ0v) is 17.5. The van der Waals surface area contributed by atoms with Gasteiger partial charge in [0.2, 0.25) is 15.9 Å². The van der Waals surface area contributed by atoms with Crippen LogP contribution >= 0.6 is 0 Å². The molecule has 0 aromatic carbocycles. The minimum absolute atomic E-state index is 0.0758. The Morgan fingerprint density at radius 1 is 1.22 bits per heavy atom. The summed E-state index contributed by atoms with van der Waals surface area (Å²) in [6, 6.07) is -0.331. The molecule has 0 unspecified atom stereocenters. The van der Waals surface area contributed by atoms with Gasteiger partial charge in [0.25, 0.3) is 0 Å². The van der Waals surface area contributed by atoms with E-state index < -0.39 is 10.0 Å². The summed E-state index contributed by atoms with van der Waals surface area (Å²) in [7, 11) is -3.30. The van der Waals surface area contributed by atoms with Crippen molar-refractivity contribution in [2.45, 2.75) is 65.8 Å². The number of carbonyl (C=O) groups is 1. The van der Waals surface area contributed by atoms with Crippen LogP contribution in [0.2, 0.25) is 0 Å².